The molecule has 0 bridgehead atoms. The van der Waals surface area contributed by atoms with Crippen LogP contribution < -0.4 is 11.1 Å². The van der Waals surface area contributed by atoms with Crippen molar-refractivity contribution < 1.29 is 0 Å². The highest BCUT2D eigenvalue weighted by Gasteiger charge is 2.33. The number of aryl methyl sites for hydroxylation is 1. The maximum atomic E-state index is 5.98. The predicted molar refractivity (Wildman–Crippen MR) is 69.8 cm³/mol. The van der Waals surface area contributed by atoms with E-state index in [0.717, 1.165) is 30.4 Å². The highest BCUT2D eigenvalue weighted by Crippen LogP contribution is 2.33. The van der Waals surface area contributed by atoms with Crippen molar-refractivity contribution in [2.75, 3.05) is 11.9 Å². The Hall–Kier alpha value is -1.16. The Morgan fingerprint density at radius 1 is 1.59 bits per heavy atom. The topological polar surface area (TPSA) is 63.8 Å². The molecular formula is C13H22N4. The number of nitrogens with two attached hydrogens (primary N) is 1. The van der Waals surface area contributed by atoms with Gasteiger partial charge in [0.25, 0.3) is 0 Å². The lowest BCUT2D eigenvalue weighted by atomic mass is 9.76. The van der Waals surface area contributed by atoms with E-state index in [2.05, 4.69) is 22.2 Å². The van der Waals surface area contributed by atoms with Gasteiger partial charge < -0.3 is 11.1 Å². The molecule has 0 radical (unpaired) electrons. The van der Waals surface area contributed by atoms with Crippen molar-refractivity contribution in [3.05, 3.63) is 18.1 Å². The molecule has 0 spiro atoms. The molecule has 2 unspecified atom stereocenters. The van der Waals surface area contributed by atoms with Gasteiger partial charge in [-0.25, -0.2) is 9.97 Å². The molecule has 1 aliphatic rings. The van der Waals surface area contributed by atoms with Crippen molar-refractivity contribution in [1.82, 2.24) is 9.97 Å². The third-order valence-corrected chi connectivity index (χ3v) is 3.65. The second kappa shape index (κ2) is 5.00. The van der Waals surface area contributed by atoms with E-state index in [-0.39, 0.29) is 5.54 Å². The molecule has 2 atom stereocenters. The molecule has 94 valence electrons. The Labute approximate surface area is 103 Å². The van der Waals surface area contributed by atoms with Gasteiger partial charge >= 0.3 is 0 Å². The minimum Gasteiger partial charge on any atom is -0.363 e. The molecule has 4 heteroatoms. The molecule has 0 amide bonds. The summed E-state index contributed by atoms with van der Waals surface area (Å²) in [6, 6.07) is 1.92. The molecule has 0 aromatic carbocycles. The molecule has 1 aromatic heterocycles. The largest absolute Gasteiger partial charge is 0.363 e. The summed E-state index contributed by atoms with van der Waals surface area (Å²) in [7, 11) is 0. The van der Waals surface area contributed by atoms with Crippen molar-refractivity contribution in [2.24, 2.45) is 11.7 Å². The van der Waals surface area contributed by atoms with Crippen LogP contribution in [-0.2, 0) is 0 Å². The third-order valence-electron chi connectivity index (χ3n) is 3.65. The normalized spacial score (nSPS) is 29.0. The van der Waals surface area contributed by atoms with E-state index in [1.165, 1.54) is 12.8 Å². The fourth-order valence-corrected chi connectivity index (χ4v) is 2.81. The maximum Gasteiger partial charge on any atom is 0.130 e. The first-order valence-corrected chi connectivity index (χ1v) is 6.41. The van der Waals surface area contributed by atoms with E-state index >= 15 is 0 Å². The van der Waals surface area contributed by atoms with Gasteiger partial charge in [-0.3, -0.25) is 0 Å². The summed E-state index contributed by atoms with van der Waals surface area (Å²) < 4.78 is 0. The minimum absolute atomic E-state index is 0.0262. The van der Waals surface area contributed by atoms with Crippen molar-refractivity contribution in [1.29, 1.82) is 0 Å². The van der Waals surface area contributed by atoms with Crippen LogP contribution in [0.25, 0.3) is 0 Å². The predicted octanol–water partition coefficient (Wildman–Crippen LogP) is 2.10. The Bertz CT molecular complexity index is 379. The van der Waals surface area contributed by atoms with Gasteiger partial charge in [0.2, 0.25) is 0 Å². The van der Waals surface area contributed by atoms with Crippen molar-refractivity contribution in [3.8, 4) is 0 Å². The SMILES string of the molecule is Cc1nccc(NC2(CN)CCCC(C)C2)n1. The first-order valence-electron chi connectivity index (χ1n) is 6.41. The zero-order valence-electron chi connectivity index (χ0n) is 10.7. The average Bonchev–Trinajstić information content (AvgIpc) is 2.29. The number of nitrogens with zero attached hydrogens (tertiary/aromatic N) is 2. The molecule has 1 heterocycles. The molecule has 2 rings (SSSR count). The zero-order chi connectivity index (χ0) is 12.3. The van der Waals surface area contributed by atoms with Gasteiger partial charge in [0.05, 0.1) is 5.54 Å². The van der Waals surface area contributed by atoms with Crippen LogP contribution in [0.4, 0.5) is 5.82 Å². The number of aromatic nitrogens is 2. The number of rotatable bonds is 3. The molecular weight excluding hydrogens is 212 g/mol. The highest BCUT2D eigenvalue weighted by molar-refractivity contribution is 5.37. The Morgan fingerprint density at radius 2 is 2.41 bits per heavy atom. The number of hydrogen-bond acceptors (Lipinski definition) is 4. The van der Waals surface area contributed by atoms with E-state index < -0.39 is 0 Å². The second-order valence-electron chi connectivity index (χ2n) is 5.30. The van der Waals surface area contributed by atoms with Gasteiger partial charge in [-0.2, -0.15) is 0 Å². The summed E-state index contributed by atoms with van der Waals surface area (Å²) in [5, 5.41) is 3.54. The van der Waals surface area contributed by atoms with Crippen molar-refractivity contribution in [2.45, 2.75) is 45.1 Å². The first kappa shape index (κ1) is 12.3. The first-order chi connectivity index (χ1) is 8.13. The van der Waals surface area contributed by atoms with E-state index in [1.807, 2.05) is 13.0 Å². The molecule has 17 heavy (non-hydrogen) atoms. The van der Waals surface area contributed by atoms with Gasteiger partial charge in [-0.05, 0) is 31.7 Å². The van der Waals surface area contributed by atoms with Crippen LogP contribution in [-0.4, -0.2) is 22.1 Å². The van der Waals surface area contributed by atoms with Crippen LogP contribution in [0.1, 0.15) is 38.4 Å². The smallest absolute Gasteiger partial charge is 0.130 e. The van der Waals surface area contributed by atoms with Gasteiger partial charge in [0.1, 0.15) is 11.6 Å². The molecule has 1 fully saturated rings. The molecule has 0 saturated heterocycles. The van der Waals surface area contributed by atoms with E-state index in [0.29, 0.717) is 6.54 Å². The number of anilines is 1. The highest BCUT2D eigenvalue weighted by atomic mass is 15.1. The van der Waals surface area contributed by atoms with E-state index in [1.54, 1.807) is 6.20 Å². The summed E-state index contributed by atoms with van der Waals surface area (Å²) in [6.07, 6.45) is 6.62. The fraction of sp³-hybridized carbons (Fsp3) is 0.692. The van der Waals surface area contributed by atoms with E-state index in [9.17, 15) is 0 Å². The lowest BCUT2D eigenvalue weighted by Crippen LogP contribution is -2.48. The monoisotopic (exact) mass is 234 g/mol. The minimum atomic E-state index is 0.0262. The zero-order valence-corrected chi connectivity index (χ0v) is 10.7. The van der Waals surface area contributed by atoms with Crippen LogP contribution in [0.3, 0.4) is 0 Å². The van der Waals surface area contributed by atoms with Crippen LogP contribution in [0.5, 0.6) is 0 Å². The number of hydrogen-bond donors (Lipinski definition) is 2. The molecule has 1 aliphatic carbocycles. The maximum absolute atomic E-state index is 5.98. The van der Waals surface area contributed by atoms with Crippen LogP contribution >= 0.6 is 0 Å². The molecule has 4 nitrogen and oxygen atoms in total. The second-order valence-corrected chi connectivity index (χ2v) is 5.30. The van der Waals surface area contributed by atoms with Crippen molar-refractivity contribution in [3.63, 3.8) is 0 Å². The summed E-state index contributed by atoms with van der Waals surface area (Å²) in [4.78, 5) is 8.52. The molecule has 0 aliphatic heterocycles. The van der Waals surface area contributed by atoms with E-state index in [4.69, 9.17) is 5.73 Å². The summed E-state index contributed by atoms with van der Waals surface area (Å²) in [5.41, 5.74) is 6.01. The van der Waals surface area contributed by atoms with Gasteiger partial charge in [-0.15, -0.1) is 0 Å². The Morgan fingerprint density at radius 3 is 3.06 bits per heavy atom. The summed E-state index contributed by atoms with van der Waals surface area (Å²) in [5.74, 6) is 2.44. The quantitative estimate of drug-likeness (QED) is 0.840. The van der Waals surface area contributed by atoms with Crippen molar-refractivity contribution >= 4 is 5.82 Å². The molecule has 1 aromatic rings. The van der Waals surface area contributed by atoms with Crippen LogP contribution in [0.2, 0.25) is 0 Å². The number of nitrogens with one attached hydrogen (secondary N) is 1. The standard InChI is InChI=1S/C13H22N4/c1-10-4-3-6-13(8-10,9-14)17-12-5-7-15-11(2)16-12/h5,7,10H,3-4,6,8-9,14H2,1-2H3,(H,15,16,17). The third kappa shape index (κ3) is 2.94. The Balaban J connectivity index is 2.13. The van der Waals surface area contributed by atoms with Crippen LogP contribution in [0.15, 0.2) is 12.3 Å². The fourth-order valence-electron chi connectivity index (χ4n) is 2.81. The van der Waals surface area contributed by atoms with Gasteiger partial charge in [0, 0.05) is 12.7 Å². The van der Waals surface area contributed by atoms with Crippen LogP contribution in [0, 0.1) is 12.8 Å². The summed E-state index contributed by atoms with van der Waals surface area (Å²) >= 11 is 0. The average molecular weight is 234 g/mol. The van der Waals surface area contributed by atoms with Gasteiger partial charge in [-0.1, -0.05) is 19.8 Å². The molecule has 1 saturated carbocycles. The molecule has 3 N–H and O–H groups in total. The lowest BCUT2D eigenvalue weighted by molar-refractivity contribution is 0.263. The lowest BCUT2D eigenvalue weighted by Gasteiger charge is -2.40. The van der Waals surface area contributed by atoms with Gasteiger partial charge in [0.15, 0.2) is 0 Å². The Kier molecular flexibility index (Phi) is 3.62. The summed E-state index contributed by atoms with van der Waals surface area (Å²) in [6.45, 7) is 4.88.